The van der Waals surface area contributed by atoms with Crippen molar-refractivity contribution in [3.8, 4) is 0 Å². The van der Waals surface area contributed by atoms with Gasteiger partial charge in [-0.25, -0.2) is 0 Å². The quantitative estimate of drug-likeness (QED) is 0.734. The van der Waals surface area contributed by atoms with Crippen LogP contribution in [0.15, 0.2) is 30.3 Å². The van der Waals surface area contributed by atoms with Gasteiger partial charge in [0, 0.05) is 49.3 Å². The molecule has 1 aromatic rings. The third-order valence-electron chi connectivity index (χ3n) is 7.18. The largest absolute Gasteiger partial charge is 0.368 e. The molecule has 2 bridgehead atoms. The van der Waals surface area contributed by atoms with Crippen LogP contribution in [0.25, 0.3) is 0 Å². The van der Waals surface area contributed by atoms with Gasteiger partial charge in [-0.2, -0.15) is 0 Å². The minimum absolute atomic E-state index is 0.288. The van der Waals surface area contributed by atoms with Crippen molar-refractivity contribution in [3.63, 3.8) is 0 Å². The molecule has 0 radical (unpaired) electrons. The van der Waals surface area contributed by atoms with Crippen LogP contribution in [0.1, 0.15) is 32.1 Å². The summed E-state index contributed by atoms with van der Waals surface area (Å²) in [7, 11) is 0. The molecule has 5 heteroatoms. The first-order valence-corrected chi connectivity index (χ1v) is 12.6. The summed E-state index contributed by atoms with van der Waals surface area (Å²) in [6.45, 7) is 3.69. The number of piperazine rings is 1. The average molecular weight is 403 g/mol. The third-order valence-corrected chi connectivity index (χ3v) is 11.2. The lowest BCUT2D eigenvalue weighted by atomic mass is 9.66. The van der Waals surface area contributed by atoms with Crippen molar-refractivity contribution in [3.05, 3.63) is 30.3 Å². The van der Waals surface area contributed by atoms with Crippen LogP contribution in [0.2, 0.25) is 0 Å². The van der Waals surface area contributed by atoms with Gasteiger partial charge >= 0.3 is 0 Å². The van der Waals surface area contributed by atoms with E-state index in [9.17, 15) is 4.79 Å². The van der Waals surface area contributed by atoms with E-state index in [1.165, 1.54) is 36.5 Å². The molecule has 0 N–H and O–H groups in total. The van der Waals surface area contributed by atoms with Crippen molar-refractivity contribution in [1.82, 2.24) is 4.90 Å². The van der Waals surface area contributed by atoms with E-state index in [2.05, 4.69) is 63.7 Å². The molecule has 1 aromatic carbocycles. The maximum atomic E-state index is 13.3. The first-order valence-electron chi connectivity index (χ1n) is 10.6. The molecule has 3 nitrogen and oxygen atoms in total. The Morgan fingerprint density at radius 1 is 0.926 bits per heavy atom. The second-order valence-electron chi connectivity index (χ2n) is 8.56. The summed E-state index contributed by atoms with van der Waals surface area (Å²) >= 11 is 4.47. The molecule has 2 heterocycles. The van der Waals surface area contributed by atoms with Gasteiger partial charge in [-0.15, -0.1) is 23.5 Å². The number of carbonyl (C=O) groups is 1. The fraction of sp³-hybridized carbons (Fsp3) is 0.682. The van der Waals surface area contributed by atoms with E-state index in [1.54, 1.807) is 0 Å². The molecule has 146 valence electrons. The maximum absolute atomic E-state index is 13.3. The van der Waals surface area contributed by atoms with Crippen molar-refractivity contribution in [2.75, 3.05) is 42.6 Å². The highest BCUT2D eigenvalue weighted by molar-refractivity contribution is 8.21. The number of anilines is 1. The van der Waals surface area contributed by atoms with E-state index in [4.69, 9.17) is 0 Å². The van der Waals surface area contributed by atoms with Crippen LogP contribution in [0.3, 0.4) is 0 Å². The van der Waals surface area contributed by atoms with E-state index >= 15 is 0 Å². The molecular formula is C22H30N2OS2. The Balaban J connectivity index is 1.22. The van der Waals surface area contributed by atoms with Gasteiger partial charge in [0.05, 0.1) is 4.08 Å². The highest BCUT2D eigenvalue weighted by Crippen LogP contribution is 2.64. The number of hydrogen-bond acceptors (Lipinski definition) is 4. The number of thioether (sulfide) groups is 2. The minimum atomic E-state index is 0.288. The number of para-hydroxylation sites is 1. The molecule has 4 fully saturated rings. The molecule has 1 spiro atoms. The topological polar surface area (TPSA) is 23.6 Å². The number of amides is 1. The van der Waals surface area contributed by atoms with E-state index in [0.717, 1.165) is 50.9 Å². The van der Waals surface area contributed by atoms with E-state index in [1.807, 2.05) is 0 Å². The van der Waals surface area contributed by atoms with Gasteiger partial charge in [0.2, 0.25) is 5.91 Å². The Morgan fingerprint density at radius 2 is 1.56 bits per heavy atom. The van der Waals surface area contributed by atoms with Crippen molar-refractivity contribution >= 4 is 35.1 Å². The molecule has 4 aliphatic rings. The number of benzene rings is 1. The second kappa shape index (κ2) is 7.55. The van der Waals surface area contributed by atoms with Crippen LogP contribution in [-0.2, 0) is 4.79 Å². The highest BCUT2D eigenvalue weighted by Gasteiger charge is 2.55. The summed E-state index contributed by atoms with van der Waals surface area (Å²) in [6.07, 6.45) is 6.38. The summed E-state index contributed by atoms with van der Waals surface area (Å²) in [5, 5.41) is 0. The van der Waals surface area contributed by atoms with Gasteiger partial charge in [-0.1, -0.05) is 24.6 Å². The van der Waals surface area contributed by atoms with Crippen LogP contribution in [0.4, 0.5) is 5.69 Å². The molecular weight excluding hydrogens is 372 g/mol. The Kier molecular flexibility index (Phi) is 5.10. The zero-order chi connectivity index (χ0) is 18.3. The normalized spacial score (nSPS) is 32.7. The predicted octanol–water partition coefficient (Wildman–Crippen LogP) is 4.34. The number of hydrogen-bond donors (Lipinski definition) is 0. The van der Waals surface area contributed by atoms with E-state index in [0.29, 0.717) is 9.99 Å². The first kappa shape index (κ1) is 18.2. The highest BCUT2D eigenvalue weighted by atomic mass is 32.2. The lowest BCUT2D eigenvalue weighted by molar-refractivity contribution is -0.138. The molecule has 27 heavy (non-hydrogen) atoms. The van der Waals surface area contributed by atoms with Gasteiger partial charge in [0.1, 0.15) is 0 Å². The fourth-order valence-electron chi connectivity index (χ4n) is 5.89. The molecule has 3 atom stereocenters. The van der Waals surface area contributed by atoms with Gasteiger partial charge in [0.15, 0.2) is 0 Å². The summed E-state index contributed by atoms with van der Waals surface area (Å²) in [5.74, 6) is 4.91. The summed E-state index contributed by atoms with van der Waals surface area (Å²) in [5.41, 5.74) is 1.29. The van der Waals surface area contributed by atoms with Crippen molar-refractivity contribution in [2.24, 2.45) is 17.8 Å². The molecule has 2 aliphatic carbocycles. The van der Waals surface area contributed by atoms with Crippen molar-refractivity contribution < 1.29 is 4.79 Å². The molecule has 2 aliphatic heterocycles. The first-order chi connectivity index (χ1) is 13.3. The van der Waals surface area contributed by atoms with E-state index < -0.39 is 0 Å². The summed E-state index contributed by atoms with van der Waals surface area (Å²) in [6, 6.07) is 10.6. The van der Waals surface area contributed by atoms with Gasteiger partial charge in [0.25, 0.3) is 0 Å². The summed E-state index contributed by atoms with van der Waals surface area (Å²) < 4.78 is 0.473. The SMILES string of the molecule is O=C(C1C[C@H]2CCC[C@@H](C1)C21SCCS1)N1CCN(c2ccccc2)CC1. The van der Waals surface area contributed by atoms with E-state index in [-0.39, 0.29) is 5.92 Å². The lowest BCUT2D eigenvalue weighted by Crippen LogP contribution is -2.54. The molecule has 2 saturated heterocycles. The Labute approximate surface area is 171 Å². The average Bonchev–Trinajstić information content (AvgIpc) is 3.18. The smallest absolute Gasteiger partial charge is 0.225 e. The minimum Gasteiger partial charge on any atom is -0.368 e. The molecule has 1 unspecified atom stereocenters. The number of nitrogens with zero attached hydrogens (tertiary/aromatic N) is 2. The van der Waals surface area contributed by atoms with Gasteiger partial charge in [-0.3, -0.25) is 4.79 Å². The van der Waals surface area contributed by atoms with Gasteiger partial charge in [-0.05, 0) is 49.7 Å². The van der Waals surface area contributed by atoms with Crippen LogP contribution in [0.5, 0.6) is 0 Å². The lowest BCUT2D eigenvalue weighted by Gasteiger charge is -2.52. The Bertz CT molecular complexity index is 652. The van der Waals surface area contributed by atoms with Crippen LogP contribution >= 0.6 is 23.5 Å². The summed E-state index contributed by atoms with van der Waals surface area (Å²) in [4.78, 5) is 17.9. The van der Waals surface area contributed by atoms with Crippen LogP contribution in [-0.4, -0.2) is 52.6 Å². The maximum Gasteiger partial charge on any atom is 0.225 e. The Morgan fingerprint density at radius 3 is 2.19 bits per heavy atom. The third kappa shape index (κ3) is 3.29. The molecule has 5 rings (SSSR count). The number of carbonyl (C=O) groups excluding carboxylic acids is 1. The standard InChI is InChI=1S/C22H30N2OS2/c25-21(24-11-9-23(10-12-24)20-7-2-1-3-8-20)17-15-18-5-4-6-19(16-17)22(18)26-13-14-27-22/h1-3,7-8,17-19H,4-6,9-16H2/t17?,18-,19+. The molecule has 2 saturated carbocycles. The van der Waals surface area contributed by atoms with Crippen molar-refractivity contribution in [2.45, 2.75) is 36.2 Å². The molecule has 1 amide bonds. The molecule has 0 aromatic heterocycles. The second-order valence-corrected chi connectivity index (χ2v) is 11.6. The van der Waals surface area contributed by atoms with Gasteiger partial charge < -0.3 is 9.80 Å². The zero-order valence-electron chi connectivity index (χ0n) is 16.0. The van der Waals surface area contributed by atoms with Crippen LogP contribution < -0.4 is 4.90 Å². The fourth-order valence-corrected chi connectivity index (χ4v) is 9.83. The predicted molar refractivity (Wildman–Crippen MR) is 116 cm³/mol. The van der Waals surface area contributed by atoms with Crippen molar-refractivity contribution in [1.29, 1.82) is 0 Å². The number of rotatable bonds is 2. The monoisotopic (exact) mass is 402 g/mol. The zero-order valence-corrected chi connectivity index (χ0v) is 17.6. The Hall–Kier alpha value is -0.810. The van der Waals surface area contributed by atoms with Crippen LogP contribution in [0, 0.1) is 17.8 Å².